The number of pyridine rings is 1. The lowest BCUT2D eigenvalue weighted by Crippen LogP contribution is -2.45. The predicted molar refractivity (Wildman–Crippen MR) is 149 cm³/mol. The van der Waals surface area contributed by atoms with Gasteiger partial charge in [0, 0.05) is 66.9 Å². The van der Waals surface area contributed by atoms with E-state index in [4.69, 9.17) is 11.6 Å². The van der Waals surface area contributed by atoms with E-state index in [-0.39, 0.29) is 17.2 Å². The summed E-state index contributed by atoms with van der Waals surface area (Å²) in [6.45, 7) is 3.37. The lowest BCUT2D eigenvalue weighted by atomic mass is 9.77. The van der Waals surface area contributed by atoms with Crippen LogP contribution in [-0.4, -0.2) is 52.9 Å². The first-order chi connectivity index (χ1) is 18.5. The molecule has 2 saturated heterocycles. The molecule has 2 aliphatic rings. The van der Waals surface area contributed by atoms with Crippen molar-refractivity contribution in [3.8, 4) is 0 Å². The summed E-state index contributed by atoms with van der Waals surface area (Å²) in [5.74, 6) is -0.346. The molecule has 0 bridgehead atoms. The van der Waals surface area contributed by atoms with E-state index in [0.717, 1.165) is 55.4 Å². The number of nitrogens with one attached hydrogen (secondary N) is 2. The Hall–Kier alpha value is -3.84. The highest BCUT2D eigenvalue weighted by Gasteiger charge is 2.43. The summed E-state index contributed by atoms with van der Waals surface area (Å²) >= 11 is 6.20. The van der Waals surface area contributed by atoms with Crippen molar-refractivity contribution < 1.29 is 9.59 Å². The zero-order valence-corrected chi connectivity index (χ0v) is 21.8. The van der Waals surface area contributed by atoms with Crippen LogP contribution in [-0.2, 0) is 4.79 Å². The van der Waals surface area contributed by atoms with Crippen LogP contribution in [0.2, 0.25) is 5.02 Å². The number of aromatic amines is 1. The first-order valence-corrected chi connectivity index (χ1v) is 13.5. The minimum absolute atomic E-state index is 0.0537. The largest absolute Gasteiger partial charge is 0.371 e. The van der Waals surface area contributed by atoms with Gasteiger partial charge < -0.3 is 20.1 Å². The molecule has 1 spiro atoms. The lowest BCUT2D eigenvalue weighted by molar-refractivity contribution is -0.132. The van der Waals surface area contributed by atoms with E-state index in [1.54, 1.807) is 18.3 Å². The third-order valence-corrected chi connectivity index (χ3v) is 8.46. The van der Waals surface area contributed by atoms with Crippen LogP contribution in [0.5, 0.6) is 0 Å². The van der Waals surface area contributed by atoms with Crippen LogP contribution in [0.15, 0.2) is 79.3 Å². The molecule has 7 nitrogen and oxygen atoms in total. The maximum atomic E-state index is 13.9. The number of carbonyl (C=O) groups excluding carboxylic acids is 2. The second-order valence-corrected chi connectivity index (χ2v) is 10.8. The monoisotopic (exact) mass is 527 g/mol. The second-order valence-electron chi connectivity index (χ2n) is 10.4. The molecule has 2 amide bonds. The number of H-pyrrole nitrogens is 1. The van der Waals surface area contributed by atoms with Gasteiger partial charge in [-0.15, -0.1) is 0 Å². The number of carbonyl (C=O) groups is 2. The fraction of sp³-hybridized carbons (Fsp3) is 0.300. The Kier molecular flexibility index (Phi) is 6.54. The van der Waals surface area contributed by atoms with Crippen LogP contribution in [0, 0.1) is 5.41 Å². The molecule has 38 heavy (non-hydrogen) atoms. The number of halogens is 1. The number of aromatic nitrogens is 2. The molecule has 1 atom stereocenters. The highest BCUT2D eigenvalue weighted by atomic mass is 35.5. The molecular formula is C30H30ClN5O2. The van der Waals surface area contributed by atoms with Crippen LogP contribution in [0.3, 0.4) is 0 Å². The standard InChI is InChI=1S/C30H30ClN5O2/c31-25-19-33-26-18-22(6-7-24(25)26)28(37)34-27(21-4-2-1-3-5-21)29(38)36-17-12-30(20-36)10-15-35(16-11-30)23-8-13-32-14-9-23/h1-9,13-14,18-19,27,33H,10-12,15-17,20H2,(H,34,37). The van der Waals surface area contributed by atoms with Crippen molar-refractivity contribution in [2.45, 2.75) is 25.3 Å². The van der Waals surface area contributed by atoms with Crippen molar-refractivity contribution in [1.82, 2.24) is 20.2 Å². The molecule has 0 aliphatic carbocycles. The third kappa shape index (κ3) is 4.74. The predicted octanol–water partition coefficient (Wildman–Crippen LogP) is 5.21. The average Bonchev–Trinajstić information content (AvgIpc) is 3.55. The number of anilines is 1. The van der Waals surface area contributed by atoms with Crippen LogP contribution >= 0.6 is 11.6 Å². The molecule has 2 aromatic carbocycles. The van der Waals surface area contributed by atoms with Crippen molar-refractivity contribution in [3.63, 3.8) is 0 Å². The first kappa shape index (κ1) is 24.5. The van der Waals surface area contributed by atoms with Crippen LogP contribution in [0.25, 0.3) is 10.9 Å². The van der Waals surface area contributed by atoms with Crippen molar-refractivity contribution in [2.75, 3.05) is 31.1 Å². The number of hydrogen-bond acceptors (Lipinski definition) is 4. The minimum Gasteiger partial charge on any atom is -0.371 e. The molecule has 2 N–H and O–H groups in total. The quantitative estimate of drug-likeness (QED) is 0.373. The van der Waals surface area contributed by atoms with Crippen LogP contribution in [0.4, 0.5) is 5.69 Å². The molecule has 6 rings (SSSR count). The Labute approximate surface area is 226 Å². The summed E-state index contributed by atoms with van der Waals surface area (Å²) < 4.78 is 0. The minimum atomic E-state index is -0.751. The second kappa shape index (κ2) is 10.1. The topological polar surface area (TPSA) is 81.3 Å². The van der Waals surface area contributed by atoms with Gasteiger partial charge in [0.15, 0.2) is 0 Å². The normalized spacial score (nSPS) is 17.6. The fourth-order valence-corrected chi connectivity index (χ4v) is 6.11. The van der Waals surface area contributed by atoms with Gasteiger partial charge in [0.2, 0.25) is 5.91 Å². The number of benzene rings is 2. The average molecular weight is 528 g/mol. The van der Waals surface area contributed by atoms with E-state index in [1.165, 1.54) is 5.69 Å². The Morgan fingerprint density at radius 2 is 1.71 bits per heavy atom. The summed E-state index contributed by atoms with van der Waals surface area (Å²) in [6, 6.07) is 18.2. The molecule has 8 heteroatoms. The highest BCUT2D eigenvalue weighted by Crippen LogP contribution is 2.42. The van der Waals surface area contributed by atoms with Crippen molar-refractivity contribution >= 4 is 40.0 Å². The van der Waals surface area contributed by atoms with E-state index < -0.39 is 6.04 Å². The van der Waals surface area contributed by atoms with Gasteiger partial charge in [-0.25, -0.2) is 0 Å². The van der Waals surface area contributed by atoms with Crippen LogP contribution in [0.1, 0.15) is 41.2 Å². The summed E-state index contributed by atoms with van der Waals surface area (Å²) in [6.07, 6.45) is 8.44. The molecule has 0 saturated carbocycles. The van der Waals surface area contributed by atoms with Gasteiger partial charge in [0.05, 0.1) is 5.02 Å². The molecule has 0 radical (unpaired) electrons. The molecule has 4 aromatic rings. The van der Waals surface area contributed by atoms with Gasteiger partial charge in [0.1, 0.15) is 6.04 Å². The zero-order chi connectivity index (χ0) is 26.1. The highest BCUT2D eigenvalue weighted by molar-refractivity contribution is 6.35. The van der Waals surface area contributed by atoms with Crippen molar-refractivity contribution in [3.05, 3.63) is 95.4 Å². The maximum absolute atomic E-state index is 13.9. The lowest BCUT2D eigenvalue weighted by Gasteiger charge is -2.40. The molecule has 2 aromatic heterocycles. The number of rotatable bonds is 5. The molecule has 4 heterocycles. The molecular weight excluding hydrogens is 498 g/mol. The van der Waals surface area contributed by atoms with E-state index in [0.29, 0.717) is 17.1 Å². The Morgan fingerprint density at radius 3 is 2.47 bits per heavy atom. The number of nitrogens with zero attached hydrogens (tertiary/aromatic N) is 3. The SMILES string of the molecule is O=C(NC(C(=O)N1CCC2(CCN(c3ccncc3)CC2)C1)c1ccccc1)c1ccc2c(Cl)c[nH]c2c1. The Morgan fingerprint density at radius 1 is 0.974 bits per heavy atom. The maximum Gasteiger partial charge on any atom is 0.252 e. The van der Waals surface area contributed by atoms with Gasteiger partial charge in [-0.3, -0.25) is 14.6 Å². The first-order valence-electron chi connectivity index (χ1n) is 13.1. The van der Waals surface area contributed by atoms with Crippen molar-refractivity contribution in [1.29, 1.82) is 0 Å². The van der Waals surface area contributed by atoms with Crippen LogP contribution < -0.4 is 10.2 Å². The molecule has 1 unspecified atom stereocenters. The van der Waals surface area contributed by atoms with Gasteiger partial charge in [-0.2, -0.15) is 0 Å². The van der Waals surface area contributed by atoms with E-state index in [1.807, 2.05) is 53.7 Å². The van der Waals surface area contributed by atoms with Gasteiger partial charge in [0.25, 0.3) is 5.91 Å². The van der Waals surface area contributed by atoms with E-state index in [2.05, 4.69) is 32.3 Å². The molecule has 2 aliphatic heterocycles. The number of likely N-dealkylation sites (tertiary alicyclic amines) is 1. The number of hydrogen-bond donors (Lipinski definition) is 2. The Bertz CT molecular complexity index is 1450. The van der Waals surface area contributed by atoms with Gasteiger partial charge in [-0.1, -0.05) is 48.0 Å². The Balaban J connectivity index is 1.17. The number of fused-ring (bicyclic) bond motifs is 1. The van der Waals surface area contributed by atoms with Gasteiger partial charge >= 0.3 is 0 Å². The van der Waals surface area contributed by atoms with E-state index in [9.17, 15) is 9.59 Å². The van der Waals surface area contributed by atoms with Gasteiger partial charge in [-0.05, 0) is 54.5 Å². The zero-order valence-electron chi connectivity index (χ0n) is 21.1. The molecule has 194 valence electrons. The molecule has 2 fully saturated rings. The van der Waals surface area contributed by atoms with Crippen molar-refractivity contribution in [2.24, 2.45) is 5.41 Å². The fourth-order valence-electron chi connectivity index (χ4n) is 5.89. The number of piperidine rings is 1. The van der Waals surface area contributed by atoms with E-state index >= 15 is 0 Å². The summed E-state index contributed by atoms with van der Waals surface area (Å²) in [5, 5.41) is 4.49. The summed E-state index contributed by atoms with van der Waals surface area (Å²) in [4.78, 5) is 38.8. The number of amides is 2. The summed E-state index contributed by atoms with van der Waals surface area (Å²) in [5.41, 5.74) is 3.37. The summed E-state index contributed by atoms with van der Waals surface area (Å²) in [7, 11) is 0. The third-order valence-electron chi connectivity index (χ3n) is 8.15. The smallest absolute Gasteiger partial charge is 0.252 e.